The van der Waals surface area contributed by atoms with Crippen LogP contribution in [0.15, 0.2) is 12.7 Å². The third kappa shape index (κ3) is 5.16. The molecule has 1 saturated carbocycles. The van der Waals surface area contributed by atoms with Crippen LogP contribution in [-0.2, 0) is 0 Å². The van der Waals surface area contributed by atoms with Gasteiger partial charge in [-0.1, -0.05) is 32.3 Å². The van der Waals surface area contributed by atoms with E-state index in [0.717, 1.165) is 11.8 Å². The van der Waals surface area contributed by atoms with Crippen LogP contribution in [0.5, 0.6) is 0 Å². The first-order valence-corrected chi connectivity index (χ1v) is 7.20. The second-order valence-electron chi connectivity index (χ2n) is 5.23. The molecule has 0 spiro atoms. The average molecular weight is 223 g/mol. The Balaban J connectivity index is 2.23. The van der Waals surface area contributed by atoms with Gasteiger partial charge in [-0.05, 0) is 57.0 Å². The normalized spacial score (nSPS) is 25.6. The molecule has 0 bridgehead atoms. The zero-order valence-electron chi connectivity index (χ0n) is 11.0. The number of allylic oxidation sites excluding steroid dienone is 1. The number of hydrogen-bond acceptors (Lipinski definition) is 1. The zero-order valence-corrected chi connectivity index (χ0v) is 11.0. The Hall–Kier alpha value is -0.300. The highest BCUT2D eigenvalue weighted by Gasteiger charge is 2.23. The lowest BCUT2D eigenvalue weighted by Crippen LogP contribution is -2.31. The highest BCUT2D eigenvalue weighted by molar-refractivity contribution is 4.78. The summed E-state index contributed by atoms with van der Waals surface area (Å²) in [6.07, 6.45) is 13.1. The van der Waals surface area contributed by atoms with E-state index in [-0.39, 0.29) is 0 Å². The van der Waals surface area contributed by atoms with Crippen LogP contribution in [0.4, 0.5) is 0 Å². The fourth-order valence-electron chi connectivity index (χ4n) is 2.92. The second kappa shape index (κ2) is 8.81. The van der Waals surface area contributed by atoms with Crippen molar-refractivity contribution in [3.05, 3.63) is 12.7 Å². The standard InChI is InChI=1S/C15H29N/c1-3-5-6-9-14-10-7-8-11-15(14)13-16-12-4-2/h3,14-16H,1,4-13H2,2H3. The predicted octanol–water partition coefficient (Wildman–Crippen LogP) is 4.15. The average Bonchev–Trinajstić information content (AvgIpc) is 2.32. The molecule has 94 valence electrons. The van der Waals surface area contributed by atoms with Gasteiger partial charge in [-0.25, -0.2) is 0 Å². The van der Waals surface area contributed by atoms with Gasteiger partial charge in [-0.15, -0.1) is 6.58 Å². The van der Waals surface area contributed by atoms with Crippen LogP contribution >= 0.6 is 0 Å². The van der Waals surface area contributed by atoms with Crippen molar-refractivity contribution in [2.45, 2.75) is 58.3 Å². The Labute approximate surface area is 102 Å². The predicted molar refractivity (Wildman–Crippen MR) is 72.7 cm³/mol. The van der Waals surface area contributed by atoms with E-state index in [2.05, 4.69) is 24.9 Å². The van der Waals surface area contributed by atoms with E-state index in [4.69, 9.17) is 0 Å². The maximum Gasteiger partial charge on any atom is -0.00179 e. The summed E-state index contributed by atoms with van der Waals surface area (Å²) in [4.78, 5) is 0. The minimum atomic E-state index is 0.949. The van der Waals surface area contributed by atoms with E-state index in [9.17, 15) is 0 Å². The first-order chi connectivity index (χ1) is 7.88. The fraction of sp³-hybridized carbons (Fsp3) is 0.867. The highest BCUT2D eigenvalue weighted by Crippen LogP contribution is 2.33. The van der Waals surface area contributed by atoms with Crippen molar-refractivity contribution in [3.63, 3.8) is 0 Å². The van der Waals surface area contributed by atoms with Crippen molar-refractivity contribution in [1.82, 2.24) is 5.32 Å². The lowest BCUT2D eigenvalue weighted by Gasteiger charge is -2.32. The van der Waals surface area contributed by atoms with Gasteiger partial charge in [0.2, 0.25) is 0 Å². The van der Waals surface area contributed by atoms with Crippen molar-refractivity contribution >= 4 is 0 Å². The molecule has 1 heteroatoms. The second-order valence-corrected chi connectivity index (χ2v) is 5.23. The lowest BCUT2D eigenvalue weighted by molar-refractivity contribution is 0.215. The summed E-state index contributed by atoms with van der Waals surface area (Å²) in [5.41, 5.74) is 0. The van der Waals surface area contributed by atoms with Crippen molar-refractivity contribution in [2.24, 2.45) is 11.8 Å². The zero-order chi connectivity index (χ0) is 11.6. The molecular formula is C15H29N. The molecule has 0 aromatic carbocycles. The third-order valence-electron chi connectivity index (χ3n) is 3.88. The molecule has 16 heavy (non-hydrogen) atoms. The van der Waals surface area contributed by atoms with Crippen LogP contribution < -0.4 is 5.32 Å². The molecule has 0 aliphatic heterocycles. The van der Waals surface area contributed by atoms with E-state index in [1.807, 2.05) is 0 Å². The summed E-state index contributed by atoms with van der Waals surface area (Å²) in [6.45, 7) is 8.50. The number of unbranched alkanes of at least 4 members (excludes halogenated alkanes) is 1. The van der Waals surface area contributed by atoms with Gasteiger partial charge in [0.15, 0.2) is 0 Å². The summed E-state index contributed by atoms with van der Waals surface area (Å²) in [5.74, 6) is 1.93. The van der Waals surface area contributed by atoms with E-state index >= 15 is 0 Å². The van der Waals surface area contributed by atoms with Gasteiger partial charge in [0.1, 0.15) is 0 Å². The van der Waals surface area contributed by atoms with E-state index < -0.39 is 0 Å². The monoisotopic (exact) mass is 223 g/mol. The third-order valence-corrected chi connectivity index (χ3v) is 3.88. The summed E-state index contributed by atoms with van der Waals surface area (Å²) in [5, 5.41) is 3.61. The summed E-state index contributed by atoms with van der Waals surface area (Å²) < 4.78 is 0. The molecule has 1 rings (SSSR count). The van der Waals surface area contributed by atoms with Crippen LogP contribution in [0.25, 0.3) is 0 Å². The Kier molecular flexibility index (Phi) is 7.58. The number of nitrogens with one attached hydrogen (secondary N) is 1. The maximum atomic E-state index is 3.81. The topological polar surface area (TPSA) is 12.0 Å². The molecule has 2 unspecified atom stereocenters. The van der Waals surface area contributed by atoms with E-state index in [1.165, 1.54) is 64.5 Å². The van der Waals surface area contributed by atoms with Crippen LogP contribution in [0.2, 0.25) is 0 Å². The van der Waals surface area contributed by atoms with Gasteiger partial charge in [-0.3, -0.25) is 0 Å². The molecule has 0 heterocycles. The van der Waals surface area contributed by atoms with Crippen molar-refractivity contribution in [3.8, 4) is 0 Å². The fourth-order valence-corrected chi connectivity index (χ4v) is 2.92. The van der Waals surface area contributed by atoms with E-state index in [1.54, 1.807) is 0 Å². The molecule has 0 aromatic heterocycles. The van der Waals surface area contributed by atoms with Gasteiger partial charge in [0, 0.05) is 0 Å². The SMILES string of the molecule is C=CCCCC1CCCCC1CNCCC. The molecule has 0 saturated heterocycles. The Bertz CT molecular complexity index is 176. The van der Waals surface area contributed by atoms with Crippen LogP contribution in [0.1, 0.15) is 58.3 Å². The van der Waals surface area contributed by atoms with Crippen molar-refractivity contribution in [2.75, 3.05) is 13.1 Å². The Morgan fingerprint density at radius 2 is 2.00 bits per heavy atom. The molecule has 1 nitrogen and oxygen atoms in total. The first-order valence-electron chi connectivity index (χ1n) is 7.20. The smallest absolute Gasteiger partial charge is 0.00179 e. The van der Waals surface area contributed by atoms with Crippen molar-refractivity contribution in [1.29, 1.82) is 0 Å². The van der Waals surface area contributed by atoms with Gasteiger partial charge in [0.25, 0.3) is 0 Å². The molecule has 0 amide bonds. The molecule has 0 aromatic rings. The molecule has 1 fully saturated rings. The van der Waals surface area contributed by atoms with Gasteiger partial charge >= 0.3 is 0 Å². The lowest BCUT2D eigenvalue weighted by atomic mass is 9.76. The van der Waals surface area contributed by atoms with Crippen LogP contribution in [-0.4, -0.2) is 13.1 Å². The molecule has 1 N–H and O–H groups in total. The number of hydrogen-bond donors (Lipinski definition) is 1. The quantitative estimate of drug-likeness (QED) is 0.481. The minimum absolute atomic E-state index is 0.949. The Morgan fingerprint density at radius 1 is 1.25 bits per heavy atom. The van der Waals surface area contributed by atoms with Gasteiger partial charge < -0.3 is 5.32 Å². The summed E-state index contributed by atoms with van der Waals surface area (Å²) in [6, 6.07) is 0. The summed E-state index contributed by atoms with van der Waals surface area (Å²) in [7, 11) is 0. The first kappa shape index (κ1) is 13.8. The number of rotatable bonds is 8. The van der Waals surface area contributed by atoms with Gasteiger partial charge in [-0.2, -0.15) is 0 Å². The molecule has 2 atom stereocenters. The highest BCUT2D eigenvalue weighted by atomic mass is 14.9. The van der Waals surface area contributed by atoms with Gasteiger partial charge in [0.05, 0.1) is 0 Å². The summed E-state index contributed by atoms with van der Waals surface area (Å²) >= 11 is 0. The molecule has 1 aliphatic carbocycles. The minimum Gasteiger partial charge on any atom is -0.316 e. The molecule has 0 radical (unpaired) electrons. The van der Waals surface area contributed by atoms with Crippen LogP contribution in [0, 0.1) is 11.8 Å². The maximum absolute atomic E-state index is 3.81. The molecular weight excluding hydrogens is 194 g/mol. The molecule has 1 aliphatic rings. The van der Waals surface area contributed by atoms with Crippen LogP contribution in [0.3, 0.4) is 0 Å². The largest absolute Gasteiger partial charge is 0.316 e. The Morgan fingerprint density at radius 3 is 2.69 bits per heavy atom. The van der Waals surface area contributed by atoms with E-state index in [0.29, 0.717) is 0 Å². The van der Waals surface area contributed by atoms with Crippen molar-refractivity contribution < 1.29 is 0 Å².